The number of urea groups is 1. The first-order chi connectivity index (χ1) is 11.2. The Morgan fingerprint density at radius 2 is 1.65 bits per heavy atom. The first-order valence-corrected chi connectivity index (χ1v) is 8.44. The highest BCUT2D eigenvalue weighted by molar-refractivity contribution is 9.10. The van der Waals surface area contributed by atoms with Crippen molar-refractivity contribution in [1.29, 1.82) is 0 Å². The molecule has 122 valence electrons. The highest BCUT2D eigenvalue weighted by Crippen LogP contribution is 2.12. The molecule has 0 aliphatic rings. The molecular weight excluding hydrogens is 356 g/mol. The number of halogens is 1. The molecule has 0 spiro atoms. The van der Waals surface area contributed by atoms with Crippen molar-refractivity contribution in [3.8, 4) is 5.75 Å². The van der Waals surface area contributed by atoms with Crippen molar-refractivity contribution in [3.05, 3.63) is 64.1 Å². The molecule has 0 aliphatic heterocycles. The molecule has 0 heterocycles. The highest BCUT2D eigenvalue weighted by Gasteiger charge is 2.01. The predicted molar refractivity (Wildman–Crippen MR) is 95.7 cm³/mol. The number of amides is 2. The van der Waals surface area contributed by atoms with Crippen LogP contribution in [0.2, 0.25) is 0 Å². The van der Waals surface area contributed by atoms with Gasteiger partial charge in [0.05, 0.1) is 6.61 Å². The van der Waals surface area contributed by atoms with Gasteiger partial charge in [-0.3, -0.25) is 0 Å². The van der Waals surface area contributed by atoms with Gasteiger partial charge >= 0.3 is 6.03 Å². The fourth-order valence-corrected chi connectivity index (χ4v) is 2.35. The van der Waals surface area contributed by atoms with E-state index in [1.165, 1.54) is 5.56 Å². The van der Waals surface area contributed by atoms with Crippen LogP contribution in [0.5, 0.6) is 5.75 Å². The minimum absolute atomic E-state index is 0.156. The van der Waals surface area contributed by atoms with E-state index in [1.807, 2.05) is 55.5 Å². The molecule has 23 heavy (non-hydrogen) atoms. The zero-order valence-electron chi connectivity index (χ0n) is 13.1. The third kappa shape index (κ3) is 6.32. The molecule has 2 rings (SSSR count). The first kappa shape index (κ1) is 17.3. The van der Waals surface area contributed by atoms with E-state index in [9.17, 15) is 4.79 Å². The predicted octanol–water partition coefficient (Wildman–Crippen LogP) is 3.89. The van der Waals surface area contributed by atoms with Gasteiger partial charge in [-0.2, -0.15) is 0 Å². The third-order valence-corrected chi connectivity index (χ3v) is 3.83. The number of benzene rings is 2. The summed E-state index contributed by atoms with van der Waals surface area (Å²) in [7, 11) is 0. The molecule has 4 nitrogen and oxygen atoms in total. The van der Waals surface area contributed by atoms with E-state index >= 15 is 0 Å². The average Bonchev–Trinajstić information content (AvgIpc) is 2.56. The van der Waals surface area contributed by atoms with Gasteiger partial charge in [-0.25, -0.2) is 4.79 Å². The van der Waals surface area contributed by atoms with Crippen molar-refractivity contribution in [3.63, 3.8) is 0 Å². The lowest BCUT2D eigenvalue weighted by Gasteiger charge is -2.09. The van der Waals surface area contributed by atoms with Crippen LogP contribution < -0.4 is 15.4 Å². The van der Waals surface area contributed by atoms with E-state index in [2.05, 4.69) is 26.6 Å². The summed E-state index contributed by atoms with van der Waals surface area (Å²) in [6.45, 7) is 3.71. The fraction of sp³-hybridized carbons (Fsp3) is 0.278. The van der Waals surface area contributed by atoms with Crippen LogP contribution in [0, 0.1) is 0 Å². The Morgan fingerprint density at radius 3 is 2.30 bits per heavy atom. The summed E-state index contributed by atoms with van der Waals surface area (Å²) in [5.41, 5.74) is 2.23. The Labute approximate surface area is 145 Å². The van der Waals surface area contributed by atoms with Gasteiger partial charge in [0.25, 0.3) is 0 Å². The first-order valence-electron chi connectivity index (χ1n) is 7.65. The van der Waals surface area contributed by atoms with Crippen LogP contribution in [-0.4, -0.2) is 19.2 Å². The van der Waals surface area contributed by atoms with Gasteiger partial charge in [0.1, 0.15) is 5.75 Å². The zero-order valence-corrected chi connectivity index (χ0v) is 14.7. The monoisotopic (exact) mass is 376 g/mol. The molecule has 0 unspecified atom stereocenters. The summed E-state index contributed by atoms with van der Waals surface area (Å²) in [6.07, 6.45) is 0.809. The van der Waals surface area contributed by atoms with Gasteiger partial charge in [-0.1, -0.05) is 40.2 Å². The van der Waals surface area contributed by atoms with E-state index in [-0.39, 0.29) is 6.03 Å². The van der Waals surface area contributed by atoms with E-state index in [4.69, 9.17) is 4.74 Å². The lowest BCUT2D eigenvalue weighted by molar-refractivity contribution is 0.240. The number of ether oxygens (including phenoxy) is 1. The minimum atomic E-state index is -0.156. The molecule has 5 heteroatoms. The highest BCUT2D eigenvalue weighted by atomic mass is 79.9. The number of hydrogen-bond donors (Lipinski definition) is 2. The third-order valence-electron chi connectivity index (χ3n) is 3.30. The SMILES string of the molecule is CCOc1ccc(CNC(=O)NCCc2ccc(Br)cc2)cc1. The van der Waals surface area contributed by atoms with Gasteiger partial charge in [0.2, 0.25) is 0 Å². The fourth-order valence-electron chi connectivity index (χ4n) is 2.09. The number of carbonyl (C=O) groups is 1. The Balaban J connectivity index is 1.67. The van der Waals surface area contributed by atoms with Crippen molar-refractivity contribution in [2.45, 2.75) is 19.9 Å². The van der Waals surface area contributed by atoms with Crippen LogP contribution in [0.1, 0.15) is 18.1 Å². The van der Waals surface area contributed by atoms with Crippen molar-refractivity contribution < 1.29 is 9.53 Å². The minimum Gasteiger partial charge on any atom is -0.494 e. The molecule has 0 atom stereocenters. The molecular formula is C18H21BrN2O2. The Kier molecular flexibility index (Phi) is 6.94. The number of carbonyl (C=O) groups excluding carboxylic acids is 1. The molecule has 2 aromatic rings. The summed E-state index contributed by atoms with van der Waals surface area (Å²) in [5.74, 6) is 0.843. The normalized spacial score (nSPS) is 10.2. The molecule has 2 amide bonds. The van der Waals surface area contributed by atoms with Crippen LogP contribution >= 0.6 is 15.9 Å². The maximum Gasteiger partial charge on any atom is 0.315 e. The largest absolute Gasteiger partial charge is 0.494 e. The molecule has 0 saturated carbocycles. The maximum atomic E-state index is 11.8. The topological polar surface area (TPSA) is 50.4 Å². The second-order valence-corrected chi connectivity index (χ2v) is 5.98. The average molecular weight is 377 g/mol. The van der Waals surface area contributed by atoms with Crippen molar-refractivity contribution in [2.75, 3.05) is 13.2 Å². The Hall–Kier alpha value is -2.01. The number of rotatable bonds is 7. The second-order valence-electron chi connectivity index (χ2n) is 5.06. The van der Waals surface area contributed by atoms with Crippen molar-refractivity contribution in [2.24, 2.45) is 0 Å². The van der Waals surface area contributed by atoms with E-state index in [1.54, 1.807) is 0 Å². The maximum absolute atomic E-state index is 11.8. The van der Waals surface area contributed by atoms with Crippen LogP contribution in [0.15, 0.2) is 53.0 Å². The van der Waals surface area contributed by atoms with E-state index in [0.717, 1.165) is 22.2 Å². The van der Waals surface area contributed by atoms with Gasteiger partial charge < -0.3 is 15.4 Å². The van der Waals surface area contributed by atoms with E-state index in [0.29, 0.717) is 19.7 Å². The quantitative estimate of drug-likeness (QED) is 0.769. The Bertz CT molecular complexity index is 612. The summed E-state index contributed by atoms with van der Waals surface area (Å²) in [6, 6.07) is 15.7. The van der Waals surface area contributed by atoms with Crippen LogP contribution in [0.4, 0.5) is 4.79 Å². The van der Waals surface area contributed by atoms with E-state index < -0.39 is 0 Å². The molecule has 0 saturated heterocycles. The number of hydrogen-bond acceptors (Lipinski definition) is 2. The van der Waals surface area contributed by atoms with Gasteiger partial charge in [0, 0.05) is 17.6 Å². The van der Waals surface area contributed by atoms with Gasteiger partial charge in [0.15, 0.2) is 0 Å². The smallest absolute Gasteiger partial charge is 0.315 e. The zero-order chi connectivity index (χ0) is 16.5. The van der Waals surface area contributed by atoms with Gasteiger partial charge in [-0.05, 0) is 48.7 Å². The molecule has 0 bridgehead atoms. The number of nitrogens with one attached hydrogen (secondary N) is 2. The standard InChI is InChI=1S/C18H21BrN2O2/c1-2-23-17-9-5-15(6-10-17)13-21-18(22)20-12-11-14-3-7-16(19)8-4-14/h3-10H,2,11-13H2,1H3,(H2,20,21,22). The van der Waals surface area contributed by atoms with Crippen molar-refractivity contribution in [1.82, 2.24) is 10.6 Å². The Morgan fingerprint density at radius 1 is 1.00 bits per heavy atom. The van der Waals surface area contributed by atoms with Crippen molar-refractivity contribution >= 4 is 22.0 Å². The lowest BCUT2D eigenvalue weighted by Crippen LogP contribution is -2.36. The van der Waals surface area contributed by atoms with Crippen LogP contribution in [0.3, 0.4) is 0 Å². The van der Waals surface area contributed by atoms with Crippen LogP contribution in [-0.2, 0) is 13.0 Å². The summed E-state index contributed by atoms with van der Waals surface area (Å²) >= 11 is 3.41. The lowest BCUT2D eigenvalue weighted by atomic mass is 10.1. The molecule has 0 radical (unpaired) electrons. The second kappa shape index (κ2) is 9.20. The van der Waals surface area contributed by atoms with Gasteiger partial charge in [-0.15, -0.1) is 0 Å². The molecule has 0 aliphatic carbocycles. The molecule has 2 N–H and O–H groups in total. The molecule has 0 fully saturated rings. The van der Waals surface area contributed by atoms with Crippen LogP contribution in [0.25, 0.3) is 0 Å². The summed E-state index contributed by atoms with van der Waals surface area (Å²) in [5, 5.41) is 5.71. The molecule has 0 aromatic heterocycles. The molecule has 2 aromatic carbocycles. The summed E-state index contributed by atoms with van der Waals surface area (Å²) < 4.78 is 6.44. The summed E-state index contributed by atoms with van der Waals surface area (Å²) in [4.78, 5) is 11.8.